The Morgan fingerprint density at radius 3 is 2.39 bits per heavy atom. The van der Waals surface area contributed by atoms with Gasteiger partial charge in [0.15, 0.2) is 17.7 Å². The van der Waals surface area contributed by atoms with Gasteiger partial charge < -0.3 is 20.5 Å². The van der Waals surface area contributed by atoms with Gasteiger partial charge >= 0.3 is 0 Å². The van der Waals surface area contributed by atoms with Gasteiger partial charge in [-0.25, -0.2) is 0 Å². The topological polar surface area (TPSA) is 58.1 Å². The summed E-state index contributed by atoms with van der Waals surface area (Å²) in [7, 11) is 0. The fourth-order valence-electron chi connectivity index (χ4n) is 4.05. The SMILES string of the molecule is CCOc1cccc(C2C=C(c3ccc(CC)cc3)NC(c3ccc(C)cc3)[NH2+]2)c1O. The van der Waals surface area contributed by atoms with E-state index in [2.05, 4.69) is 79.1 Å². The van der Waals surface area contributed by atoms with Gasteiger partial charge in [0.05, 0.1) is 12.2 Å². The second-order valence-electron chi connectivity index (χ2n) is 8.01. The first-order valence-corrected chi connectivity index (χ1v) is 11.0. The second-order valence-corrected chi connectivity index (χ2v) is 8.01. The Bertz CT molecular complexity index is 1060. The molecule has 1 heterocycles. The van der Waals surface area contributed by atoms with Crippen molar-refractivity contribution in [3.8, 4) is 11.5 Å². The van der Waals surface area contributed by atoms with Crippen molar-refractivity contribution in [2.24, 2.45) is 0 Å². The molecule has 0 saturated carbocycles. The number of phenolic OH excluding ortho intramolecular Hbond substituents is 1. The van der Waals surface area contributed by atoms with Crippen molar-refractivity contribution in [3.63, 3.8) is 0 Å². The first-order chi connectivity index (χ1) is 15.1. The quantitative estimate of drug-likeness (QED) is 0.551. The molecule has 4 nitrogen and oxygen atoms in total. The van der Waals surface area contributed by atoms with E-state index in [9.17, 15) is 5.11 Å². The normalized spacial score (nSPS) is 18.2. The number of hydrogen-bond acceptors (Lipinski definition) is 3. The summed E-state index contributed by atoms with van der Waals surface area (Å²) in [4.78, 5) is 0. The molecule has 0 radical (unpaired) electrons. The lowest BCUT2D eigenvalue weighted by molar-refractivity contribution is -0.731. The Morgan fingerprint density at radius 1 is 0.968 bits per heavy atom. The van der Waals surface area contributed by atoms with Crippen molar-refractivity contribution in [2.75, 3.05) is 6.61 Å². The number of aryl methyl sites for hydroxylation is 2. The van der Waals surface area contributed by atoms with Gasteiger partial charge in [0.25, 0.3) is 0 Å². The van der Waals surface area contributed by atoms with Gasteiger partial charge in [0, 0.05) is 17.3 Å². The van der Waals surface area contributed by atoms with Crippen molar-refractivity contribution in [2.45, 2.75) is 39.4 Å². The molecule has 3 aromatic carbocycles. The molecular formula is C27H31N2O2+. The van der Waals surface area contributed by atoms with Gasteiger partial charge in [-0.15, -0.1) is 0 Å². The molecule has 31 heavy (non-hydrogen) atoms. The van der Waals surface area contributed by atoms with E-state index in [1.807, 2.05) is 25.1 Å². The largest absolute Gasteiger partial charge is 0.504 e. The van der Waals surface area contributed by atoms with Crippen LogP contribution >= 0.6 is 0 Å². The van der Waals surface area contributed by atoms with Crippen LogP contribution in [0.25, 0.3) is 5.70 Å². The summed E-state index contributed by atoms with van der Waals surface area (Å²) in [6.45, 7) is 6.71. The number of nitrogens with one attached hydrogen (secondary N) is 1. The van der Waals surface area contributed by atoms with Crippen LogP contribution in [0, 0.1) is 6.92 Å². The highest BCUT2D eigenvalue weighted by molar-refractivity contribution is 5.66. The van der Waals surface area contributed by atoms with Crippen molar-refractivity contribution in [1.29, 1.82) is 0 Å². The first kappa shape index (κ1) is 21.0. The average Bonchev–Trinajstić information content (AvgIpc) is 2.81. The summed E-state index contributed by atoms with van der Waals surface area (Å²) in [6, 6.07) is 23.0. The molecule has 2 unspecified atom stereocenters. The summed E-state index contributed by atoms with van der Waals surface area (Å²) in [5.41, 5.74) is 6.83. The van der Waals surface area contributed by atoms with E-state index >= 15 is 0 Å². The highest BCUT2D eigenvalue weighted by Gasteiger charge is 2.30. The van der Waals surface area contributed by atoms with Crippen molar-refractivity contribution < 1.29 is 15.2 Å². The molecule has 0 saturated heterocycles. The van der Waals surface area contributed by atoms with Gasteiger partial charge in [0.2, 0.25) is 0 Å². The van der Waals surface area contributed by atoms with E-state index in [1.54, 1.807) is 0 Å². The van der Waals surface area contributed by atoms with E-state index < -0.39 is 0 Å². The minimum absolute atomic E-state index is 0.0339. The number of hydrogen-bond donors (Lipinski definition) is 3. The van der Waals surface area contributed by atoms with E-state index in [-0.39, 0.29) is 18.0 Å². The molecule has 4 N–H and O–H groups in total. The van der Waals surface area contributed by atoms with Crippen LogP contribution in [0.15, 0.2) is 72.8 Å². The van der Waals surface area contributed by atoms with Gasteiger partial charge in [-0.2, -0.15) is 0 Å². The maximum Gasteiger partial charge on any atom is 0.186 e. The van der Waals surface area contributed by atoms with E-state index in [0.717, 1.165) is 23.2 Å². The molecule has 0 aromatic heterocycles. The Labute approximate surface area is 184 Å². The number of quaternary nitrogens is 1. The lowest BCUT2D eigenvalue weighted by Crippen LogP contribution is -2.89. The Morgan fingerprint density at radius 2 is 1.71 bits per heavy atom. The number of ether oxygens (including phenoxy) is 1. The molecule has 0 bridgehead atoms. The monoisotopic (exact) mass is 415 g/mol. The number of aromatic hydroxyl groups is 1. The van der Waals surface area contributed by atoms with Gasteiger partial charge in [-0.3, -0.25) is 0 Å². The van der Waals surface area contributed by atoms with Crippen molar-refractivity contribution in [3.05, 3.63) is 101 Å². The van der Waals surface area contributed by atoms with Crippen LogP contribution in [0.3, 0.4) is 0 Å². The van der Waals surface area contributed by atoms with Crippen LogP contribution in [0.1, 0.15) is 53.9 Å². The summed E-state index contributed by atoms with van der Waals surface area (Å²) in [5, 5.41) is 16.8. The van der Waals surface area contributed by atoms with E-state index in [1.165, 1.54) is 16.7 Å². The molecule has 0 aliphatic carbocycles. The molecule has 4 rings (SSSR count). The second kappa shape index (κ2) is 9.27. The standard InChI is InChI=1S/C27H30N2O2/c1-4-19-11-15-20(16-12-19)23-17-24(22-7-6-8-25(26(22)30)31-5-2)29-27(28-23)21-13-9-18(3)10-14-21/h6-17,24,27-30H,4-5H2,1-3H3/p+1. The molecule has 1 aliphatic rings. The van der Waals surface area contributed by atoms with Crippen LogP contribution < -0.4 is 15.4 Å². The van der Waals surface area contributed by atoms with Crippen molar-refractivity contribution in [1.82, 2.24) is 5.32 Å². The summed E-state index contributed by atoms with van der Waals surface area (Å²) >= 11 is 0. The lowest BCUT2D eigenvalue weighted by Gasteiger charge is -2.30. The third-order valence-electron chi connectivity index (χ3n) is 5.86. The minimum Gasteiger partial charge on any atom is -0.504 e. The molecule has 0 amide bonds. The molecular weight excluding hydrogens is 384 g/mol. The summed E-state index contributed by atoms with van der Waals surface area (Å²) < 4.78 is 5.63. The number of benzene rings is 3. The predicted molar refractivity (Wildman–Crippen MR) is 125 cm³/mol. The fraction of sp³-hybridized carbons (Fsp3) is 0.259. The average molecular weight is 416 g/mol. The van der Waals surface area contributed by atoms with Crippen molar-refractivity contribution >= 4 is 5.70 Å². The molecule has 4 heteroatoms. The molecule has 1 aliphatic heterocycles. The van der Waals surface area contributed by atoms with E-state index in [0.29, 0.717) is 12.4 Å². The van der Waals surface area contributed by atoms with Gasteiger partial charge in [-0.05, 0) is 43.5 Å². The maximum atomic E-state index is 10.9. The maximum absolute atomic E-state index is 10.9. The van der Waals surface area contributed by atoms with E-state index in [4.69, 9.17) is 4.74 Å². The third-order valence-corrected chi connectivity index (χ3v) is 5.86. The fourth-order valence-corrected chi connectivity index (χ4v) is 4.05. The minimum atomic E-state index is -0.0474. The van der Waals surface area contributed by atoms with Crippen LogP contribution in [0.4, 0.5) is 0 Å². The van der Waals surface area contributed by atoms with Crippen LogP contribution in [-0.4, -0.2) is 11.7 Å². The molecule has 2 atom stereocenters. The highest BCUT2D eigenvalue weighted by atomic mass is 16.5. The Hall–Kier alpha value is -3.24. The van der Waals surface area contributed by atoms with Gasteiger partial charge in [0.1, 0.15) is 6.04 Å². The van der Waals surface area contributed by atoms with Gasteiger partial charge in [-0.1, -0.05) is 67.1 Å². The number of phenols is 1. The zero-order chi connectivity index (χ0) is 21.8. The summed E-state index contributed by atoms with van der Waals surface area (Å²) in [6.07, 6.45) is 3.25. The number of rotatable bonds is 6. The molecule has 0 fully saturated rings. The lowest BCUT2D eigenvalue weighted by atomic mass is 9.97. The first-order valence-electron chi connectivity index (χ1n) is 11.0. The zero-order valence-corrected chi connectivity index (χ0v) is 18.4. The molecule has 0 spiro atoms. The Balaban J connectivity index is 1.75. The smallest absolute Gasteiger partial charge is 0.186 e. The third kappa shape index (κ3) is 4.59. The number of para-hydroxylation sites is 1. The van der Waals surface area contributed by atoms with Crippen LogP contribution in [-0.2, 0) is 6.42 Å². The highest BCUT2D eigenvalue weighted by Crippen LogP contribution is 2.35. The van der Waals surface area contributed by atoms with Crippen LogP contribution in [0.2, 0.25) is 0 Å². The van der Waals surface area contributed by atoms with Crippen LogP contribution in [0.5, 0.6) is 11.5 Å². The predicted octanol–water partition coefficient (Wildman–Crippen LogP) is 4.61. The molecule has 160 valence electrons. The zero-order valence-electron chi connectivity index (χ0n) is 18.4. The summed E-state index contributed by atoms with van der Waals surface area (Å²) in [5.74, 6) is 0.744. The molecule has 3 aromatic rings. The Kier molecular flexibility index (Phi) is 6.28. The number of nitrogens with two attached hydrogens (primary N) is 1.